The highest BCUT2D eigenvalue weighted by Crippen LogP contribution is 2.16. The van der Waals surface area contributed by atoms with Gasteiger partial charge in [-0.05, 0) is 25.3 Å². The molecular formula is C12H17N3O2. The van der Waals surface area contributed by atoms with Gasteiger partial charge in [0.25, 0.3) is 5.56 Å². The van der Waals surface area contributed by atoms with Crippen LogP contribution in [0.25, 0.3) is 0 Å². The predicted octanol–water partition coefficient (Wildman–Crippen LogP) is -0.00540. The van der Waals surface area contributed by atoms with E-state index in [4.69, 9.17) is 4.74 Å². The van der Waals surface area contributed by atoms with Crippen LogP contribution in [0.15, 0.2) is 4.79 Å². The Morgan fingerprint density at radius 3 is 3.24 bits per heavy atom. The Balaban J connectivity index is 1.85. The van der Waals surface area contributed by atoms with Gasteiger partial charge in [-0.1, -0.05) is 0 Å². The van der Waals surface area contributed by atoms with Gasteiger partial charge in [-0.3, -0.25) is 4.79 Å². The Kier molecular flexibility index (Phi) is 2.94. The normalized spacial score (nSPS) is 23.6. The maximum Gasteiger partial charge on any atom is 0.254 e. The summed E-state index contributed by atoms with van der Waals surface area (Å²) < 4.78 is 5.34. The van der Waals surface area contributed by atoms with Crippen LogP contribution < -0.4 is 10.9 Å². The van der Waals surface area contributed by atoms with Gasteiger partial charge < -0.3 is 15.0 Å². The van der Waals surface area contributed by atoms with E-state index >= 15 is 0 Å². The molecule has 2 aliphatic heterocycles. The summed E-state index contributed by atoms with van der Waals surface area (Å²) in [5, 5.41) is 3.25. The maximum absolute atomic E-state index is 11.9. The second-order valence-corrected chi connectivity index (χ2v) is 4.80. The minimum absolute atomic E-state index is 0.0467. The zero-order valence-corrected chi connectivity index (χ0v) is 9.79. The lowest BCUT2D eigenvalue weighted by Gasteiger charge is -2.16. The molecule has 5 nitrogen and oxygen atoms in total. The van der Waals surface area contributed by atoms with E-state index in [1.165, 1.54) is 0 Å². The SMILES string of the molecule is O=c1[nH]c(CC2CCOC2)nc2c1CCNC2. The van der Waals surface area contributed by atoms with E-state index in [2.05, 4.69) is 15.3 Å². The highest BCUT2D eigenvalue weighted by Gasteiger charge is 2.20. The number of aromatic amines is 1. The van der Waals surface area contributed by atoms with Gasteiger partial charge in [0.2, 0.25) is 0 Å². The van der Waals surface area contributed by atoms with E-state index in [1.807, 2.05) is 0 Å². The van der Waals surface area contributed by atoms with Gasteiger partial charge in [-0.15, -0.1) is 0 Å². The Hall–Kier alpha value is -1.20. The van der Waals surface area contributed by atoms with E-state index in [0.29, 0.717) is 12.5 Å². The van der Waals surface area contributed by atoms with Gasteiger partial charge in [0.1, 0.15) is 5.82 Å². The quantitative estimate of drug-likeness (QED) is 0.757. The van der Waals surface area contributed by atoms with Crippen molar-refractivity contribution in [2.24, 2.45) is 5.92 Å². The zero-order chi connectivity index (χ0) is 11.7. The van der Waals surface area contributed by atoms with Crippen LogP contribution in [0.1, 0.15) is 23.5 Å². The topological polar surface area (TPSA) is 67.0 Å². The third kappa shape index (κ3) is 2.25. The fraction of sp³-hybridized carbons (Fsp3) is 0.667. The number of ether oxygens (including phenoxy) is 1. The van der Waals surface area contributed by atoms with Gasteiger partial charge in [0.05, 0.1) is 5.69 Å². The Morgan fingerprint density at radius 1 is 1.47 bits per heavy atom. The molecule has 3 rings (SSSR count). The number of hydrogen-bond acceptors (Lipinski definition) is 4. The summed E-state index contributed by atoms with van der Waals surface area (Å²) in [5.74, 6) is 1.32. The van der Waals surface area contributed by atoms with Crippen LogP contribution in [-0.2, 0) is 24.1 Å². The van der Waals surface area contributed by atoms with Crippen LogP contribution >= 0.6 is 0 Å². The maximum atomic E-state index is 11.9. The molecule has 0 aliphatic carbocycles. The molecule has 0 bridgehead atoms. The lowest BCUT2D eigenvalue weighted by Crippen LogP contribution is -2.32. The number of rotatable bonds is 2. The molecule has 17 heavy (non-hydrogen) atoms. The number of H-pyrrole nitrogens is 1. The third-order valence-corrected chi connectivity index (χ3v) is 3.50. The average Bonchev–Trinajstić information content (AvgIpc) is 2.82. The second-order valence-electron chi connectivity index (χ2n) is 4.80. The summed E-state index contributed by atoms with van der Waals surface area (Å²) >= 11 is 0. The van der Waals surface area contributed by atoms with Crippen LogP contribution in [0.2, 0.25) is 0 Å². The number of nitrogens with one attached hydrogen (secondary N) is 2. The van der Waals surface area contributed by atoms with E-state index in [1.54, 1.807) is 0 Å². The minimum atomic E-state index is 0.0467. The summed E-state index contributed by atoms with van der Waals surface area (Å²) in [6.45, 7) is 3.21. The Labute approximate surface area is 99.6 Å². The van der Waals surface area contributed by atoms with Crippen molar-refractivity contribution in [3.05, 3.63) is 27.4 Å². The lowest BCUT2D eigenvalue weighted by atomic mass is 10.0. The first-order chi connectivity index (χ1) is 8.33. The third-order valence-electron chi connectivity index (χ3n) is 3.50. The molecule has 1 unspecified atom stereocenters. The highest BCUT2D eigenvalue weighted by atomic mass is 16.5. The van der Waals surface area contributed by atoms with Crippen molar-refractivity contribution in [2.75, 3.05) is 19.8 Å². The Morgan fingerprint density at radius 2 is 2.41 bits per heavy atom. The summed E-state index contributed by atoms with van der Waals surface area (Å²) in [4.78, 5) is 19.4. The number of nitrogens with zero attached hydrogens (tertiary/aromatic N) is 1. The summed E-state index contributed by atoms with van der Waals surface area (Å²) in [7, 11) is 0. The molecule has 1 saturated heterocycles. The number of aromatic nitrogens is 2. The smallest absolute Gasteiger partial charge is 0.254 e. The van der Waals surface area contributed by atoms with Crippen LogP contribution in [0.3, 0.4) is 0 Å². The number of hydrogen-bond donors (Lipinski definition) is 2. The predicted molar refractivity (Wildman–Crippen MR) is 62.9 cm³/mol. The molecule has 3 heterocycles. The fourth-order valence-corrected chi connectivity index (χ4v) is 2.53. The molecule has 5 heteroatoms. The second kappa shape index (κ2) is 4.58. The monoisotopic (exact) mass is 235 g/mol. The molecule has 0 radical (unpaired) electrons. The minimum Gasteiger partial charge on any atom is -0.381 e. The van der Waals surface area contributed by atoms with Crippen molar-refractivity contribution in [3.8, 4) is 0 Å². The molecule has 0 amide bonds. The van der Waals surface area contributed by atoms with Gasteiger partial charge in [0.15, 0.2) is 0 Å². The first kappa shape index (κ1) is 10.9. The average molecular weight is 235 g/mol. The first-order valence-corrected chi connectivity index (χ1v) is 6.22. The molecule has 1 aromatic heterocycles. The van der Waals surface area contributed by atoms with Gasteiger partial charge in [0, 0.05) is 31.7 Å². The molecule has 0 spiro atoms. The van der Waals surface area contributed by atoms with Gasteiger partial charge in [-0.2, -0.15) is 0 Å². The molecule has 1 fully saturated rings. The highest BCUT2D eigenvalue weighted by molar-refractivity contribution is 5.20. The van der Waals surface area contributed by atoms with Crippen LogP contribution in [0.4, 0.5) is 0 Å². The molecule has 2 aliphatic rings. The molecule has 1 atom stereocenters. The largest absolute Gasteiger partial charge is 0.381 e. The molecule has 0 aromatic carbocycles. The van der Waals surface area contributed by atoms with E-state index in [0.717, 1.165) is 56.1 Å². The molecule has 2 N–H and O–H groups in total. The fourth-order valence-electron chi connectivity index (χ4n) is 2.53. The lowest BCUT2D eigenvalue weighted by molar-refractivity contribution is 0.185. The van der Waals surface area contributed by atoms with Crippen molar-refractivity contribution in [1.29, 1.82) is 0 Å². The van der Waals surface area contributed by atoms with E-state index < -0.39 is 0 Å². The van der Waals surface area contributed by atoms with Crippen molar-refractivity contribution in [1.82, 2.24) is 15.3 Å². The van der Waals surface area contributed by atoms with Crippen LogP contribution in [-0.4, -0.2) is 29.7 Å². The summed E-state index contributed by atoms with van der Waals surface area (Å²) in [5.41, 5.74) is 1.83. The van der Waals surface area contributed by atoms with E-state index in [9.17, 15) is 4.79 Å². The molecule has 0 saturated carbocycles. The van der Waals surface area contributed by atoms with Crippen LogP contribution in [0.5, 0.6) is 0 Å². The van der Waals surface area contributed by atoms with Gasteiger partial charge >= 0.3 is 0 Å². The summed E-state index contributed by atoms with van der Waals surface area (Å²) in [6, 6.07) is 0. The zero-order valence-electron chi connectivity index (χ0n) is 9.79. The first-order valence-electron chi connectivity index (χ1n) is 6.22. The van der Waals surface area contributed by atoms with Crippen molar-refractivity contribution in [3.63, 3.8) is 0 Å². The Bertz CT molecular complexity index is 463. The standard InChI is InChI=1S/C12H17N3O2/c16-12-9-1-3-13-6-10(9)14-11(15-12)5-8-2-4-17-7-8/h8,13H,1-7H2,(H,14,15,16). The van der Waals surface area contributed by atoms with Crippen LogP contribution in [0, 0.1) is 5.92 Å². The van der Waals surface area contributed by atoms with Crippen molar-refractivity contribution in [2.45, 2.75) is 25.8 Å². The van der Waals surface area contributed by atoms with E-state index in [-0.39, 0.29) is 5.56 Å². The molecule has 1 aromatic rings. The van der Waals surface area contributed by atoms with Crippen molar-refractivity contribution >= 4 is 0 Å². The van der Waals surface area contributed by atoms with Gasteiger partial charge in [-0.25, -0.2) is 4.98 Å². The molecule has 92 valence electrons. The van der Waals surface area contributed by atoms with Crippen molar-refractivity contribution < 1.29 is 4.74 Å². The number of fused-ring (bicyclic) bond motifs is 1. The molecular weight excluding hydrogens is 218 g/mol. The summed E-state index contributed by atoms with van der Waals surface area (Å²) in [6.07, 6.45) is 2.67.